The first-order chi connectivity index (χ1) is 12.5. The molecule has 26 heavy (non-hydrogen) atoms. The van der Waals surface area contributed by atoms with Gasteiger partial charge in [-0.2, -0.15) is 0 Å². The second kappa shape index (κ2) is 7.86. The highest BCUT2D eigenvalue weighted by molar-refractivity contribution is 6.31. The van der Waals surface area contributed by atoms with E-state index in [1.54, 1.807) is 4.90 Å². The topological polar surface area (TPSA) is 87.2 Å². The lowest BCUT2D eigenvalue weighted by molar-refractivity contribution is -0.157. The quantitative estimate of drug-likeness (QED) is 0.836. The van der Waals surface area contributed by atoms with E-state index in [4.69, 9.17) is 9.84 Å². The maximum atomic E-state index is 12.2. The molecule has 2 aromatic carbocycles. The summed E-state index contributed by atoms with van der Waals surface area (Å²) >= 11 is 0. The third-order valence-corrected chi connectivity index (χ3v) is 4.41. The molecule has 7 nitrogen and oxygen atoms in total. The number of piperazine rings is 1. The summed E-state index contributed by atoms with van der Waals surface area (Å²) < 4.78 is 5.68. The first-order valence-electron chi connectivity index (χ1n) is 8.46. The lowest BCUT2D eigenvalue weighted by Crippen LogP contribution is -2.52. The van der Waals surface area contributed by atoms with Gasteiger partial charge in [-0.25, -0.2) is 4.79 Å². The minimum Gasteiger partial charge on any atom is -0.493 e. The van der Waals surface area contributed by atoms with Crippen LogP contribution in [0, 0.1) is 0 Å². The number of carboxylic acids is 1. The van der Waals surface area contributed by atoms with E-state index in [1.165, 1.54) is 4.90 Å². The van der Waals surface area contributed by atoms with E-state index in [9.17, 15) is 14.4 Å². The van der Waals surface area contributed by atoms with E-state index in [0.29, 0.717) is 18.8 Å². The van der Waals surface area contributed by atoms with Crippen LogP contribution in [0.25, 0.3) is 10.8 Å². The standard InChI is InChI=1S/C19H20N2O5/c22-17(20-8-10-21(11-9-20)18(23)19(24)25)7-12-26-16-6-5-14-3-1-2-4-15(14)13-16/h1-6,13H,7-12H2,(H,24,25). The fourth-order valence-electron chi connectivity index (χ4n) is 2.97. The van der Waals surface area contributed by atoms with Crippen molar-refractivity contribution in [1.82, 2.24) is 9.80 Å². The molecule has 2 aromatic rings. The molecule has 1 aliphatic rings. The van der Waals surface area contributed by atoms with Crippen molar-refractivity contribution in [2.75, 3.05) is 32.8 Å². The Balaban J connectivity index is 1.45. The fourth-order valence-corrected chi connectivity index (χ4v) is 2.97. The van der Waals surface area contributed by atoms with Gasteiger partial charge in [-0.05, 0) is 22.9 Å². The number of hydrogen-bond donors (Lipinski definition) is 1. The Morgan fingerprint density at radius 3 is 2.27 bits per heavy atom. The van der Waals surface area contributed by atoms with Gasteiger partial charge in [0.05, 0.1) is 13.0 Å². The van der Waals surface area contributed by atoms with E-state index in [1.807, 2.05) is 42.5 Å². The van der Waals surface area contributed by atoms with Crippen LogP contribution in [0.2, 0.25) is 0 Å². The number of nitrogens with zero attached hydrogens (tertiary/aromatic N) is 2. The summed E-state index contributed by atoms with van der Waals surface area (Å²) in [6, 6.07) is 13.8. The Bertz CT molecular complexity index is 828. The smallest absolute Gasteiger partial charge is 0.394 e. The molecule has 3 rings (SSSR count). The summed E-state index contributed by atoms with van der Waals surface area (Å²) in [6.07, 6.45) is 0.236. The zero-order chi connectivity index (χ0) is 18.5. The first-order valence-corrected chi connectivity index (χ1v) is 8.46. The molecule has 1 N–H and O–H groups in total. The summed E-state index contributed by atoms with van der Waals surface area (Å²) in [5, 5.41) is 10.9. The van der Waals surface area contributed by atoms with Crippen molar-refractivity contribution >= 4 is 28.6 Å². The predicted octanol–water partition coefficient (Wildman–Crippen LogP) is 1.36. The Hall–Kier alpha value is -3.09. The second-order valence-electron chi connectivity index (χ2n) is 6.09. The van der Waals surface area contributed by atoms with Gasteiger partial charge in [-0.3, -0.25) is 9.59 Å². The van der Waals surface area contributed by atoms with Crippen LogP contribution in [-0.4, -0.2) is 65.5 Å². The normalized spacial score (nSPS) is 14.3. The number of benzene rings is 2. The van der Waals surface area contributed by atoms with Gasteiger partial charge < -0.3 is 19.6 Å². The number of aliphatic carboxylic acids is 1. The number of carboxylic acid groups (broad SMARTS) is 1. The highest BCUT2D eigenvalue weighted by Gasteiger charge is 2.27. The van der Waals surface area contributed by atoms with Crippen molar-refractivity contribution in [2.24, 2.45) is 0 Å². The van der Waals surface area contributed by atoms with Gasteiger partial charge in [-0.1, -0.05) is 30.3 Å². The molecule has 1 aliphatic heterocycles. The van der Waals surface area contributed by atoms with Gasteiger partial charge in [-0.15, -0.1) is 0 Å². The third-order valence-electron chi connectivity index (χ3n) is 4.41. The number of carbonyl (C=O) groups is 3. The van der Waals surface area contributed by atoms with Gasteiger partial charge in [0.25, 0.3) is 0 Å². The Morgan fingerprint density at radius 2 is 1.58 bits per heavy atom. The second-order valence-corrected chi connectivity index (χ2v) is 6.09. The third kappa shape index (κ3) is 4.11. The van der Waals surface area contributed by atoms with Crippen molar-refractivity contribution < 1.29 is 24.2 Å². The van der Waals surface area contributed by atoms with Crippen LogP contribution in [0.15, 0.2) is 42.5 Å². The Labute approximate surface area is 150 Å². The molecule has 0 spiro atoms. The summed E-state index contributed by atoms with van der Waals surface area (Å²) in [7, 11) is 0. The van der Waals surface area contributed by atoms with Crippen molar-refractivity contribution in [1.29, 1.82) is 0 Å². The van der Waals surface area contributed by atoms with E-state index >= 15 is 0 Å². The zero-order valence-corrected chi connectivity index (χ0v) is 14.3. The molecular formula is C19H20N2O5. The maximum absolute atomic E-state index is 12.2. The van der Waals surface area contributed by atoms with Crippen LogP contribution in [0.4, 0.5) is 0 Å². The first kappa shape index (κ1) is 17.7. The van der Waals surface area contributed by atoms with Gasteiger partial charge in [0, 0.05) is 26.2 Å². The van der Waals surface area contributed by atoms with Crippen molar-refractivity contribution in [3.63, 3.8) is 0 Å². The average molecular weight is 356 g/mol. The monoisotopic (exact) mass is 356 g/mol. The van der Waals surface area contributed by atoms with Gasteiger partial charge in [0.1, 0.15) is 5.75 Å². The van der Waals surface area contributed by atoms with E-state index in [-0.39, 0.29) is 32.0 Å². The molecule has 1 saturated heterocycles. The molecule has 0 atom stereocenters. The molecule has 0 radical (unpaired) electrons. The molecule has 1 heterocycles. The molecule has 1 fully saturated rings. The Kier molecular flexibility index (Phi) is 5.36. The Morgan fingerprint density at radius 1 is 0.923 bits per heavy atom. The molecule has 0 aromatic heterocycles. The van der Waals surface area contributed by atoms with E-state index in [2.05, 4.69) is 0 Å². The molecule has 136 valence electrons. The number of amides is 2. The number of hydrogen-bond acceptors (Lipinski definition) is 4. The minimum absolute atomic E-state index is 0.0618. The van der Waals surface area contributed by atoms with Crippen LogP contribution < -0.4 is 4.74 Å². The van der Waals surface area contributed by atoms with Crippen LogP contribution >= 0.6 is 0 Å². The highest BCUT2D eigenvalue weighted by atomic mass is 16.5. The van der Waals surface area contributed by atoms with Crippen LogP contribution in [0.5, 0.6) is 5.75 Å². The van der Waals surface area contributed by atoms with Crippen molar-refractivity contribution in [3.8, 4) is 5.75 Å². The molecule has 7 heteroatoms. The van der Waals surface area contributed by atoms with Crippen LogP contribution in [0.3, 0.4) is 0 Å². The SMILES string of the molecule is O=C(O)C(=O)N1CCN(C(=O)CCOc2ccc3ccccc3c2)CC1. The number of ether oxygens (including phenoxy) is 1. The predicted molar refractivity (Wildman–Crippen MR) is 94.9 cm³/mol. The van der Waals surface area contributed by atoms with Crippen LogP contribution in [0.1, 0.15) is 6.42 Å². The van der Waals surface area contributed by atoms with Gasteiger partial charge >= 0.3 is 11.9 Å². The van der Waals surface area contributed by atoms with Crippen LogP contribution in [-0.2, 0) is 14.4 Å². The number of carbonyl (C=O) groups excluding carboxylic acids is 2. The van der Waals surface area contributed by atoms with Crippen molar-refractivity contribution in [3.05, 3.63) is 42.5 Å². The highest BCUT2D eigenvalue weighted by Crippen LogP contribution is 2.20. The van der Waals surface area contributed by atoms with E-state index in [0.717, 1.165) is 10.8 Å². The molecular weight excluding hydrogens is 336 g/mol. The summed E-state index contributed by atoms with van der Waals surface area (Å²) in [5.41, 5.74) is 0. The largest absolute Gasteiger partial charge is 0.493 e. The number of rotatable bonds is 4. The van der Waals surface area contributed by atoms with Gasteiger partial charge in [0.2, 0.25) is 5.91 Å². The fraction of sp³-hybridized carbons (Fsp3) is 0.316. The minimum atomic E-state index is -1.46. The summed E-state index contributed by atoms with van der Waals surface area (Å²) in [4.78, 5) is 37.2. The van der Waals surface area contributed by atoms with Crippen molar-refractivity contribution in [2.45, 2.75) is 6.42 Å². The van der Waals surface area contributed by atoms with E-state index < -0.39 is 11.9 Å². The summed E-state index contributed by atoms with van der Waals surface area (Å²) in [5.74, 6) is -1.73. The molecule has 0 saturated carbocycles. The molecule has 0 bridgehead atoms. The van der Waals surface area contributed by atoms with Gasteiger partial charge in [0.15, 0.2) is 0 Å². The maximum Gasteiger partial charge on any atom is 0.394 e. The average Bonchev–Trinajstić information content (AvgIpc) is 2.67. The number of fused-ring (bicyclic) bond motifs is 1. The summed E-state index contributed by atoms with van der Waals surface area (Å²) in [6.45, 7) is 1.43. The molecule has 0 unspecified atom stereocenters. The lowest BCUT2D eigenvalue weighted by atomic mass is 10.1. The molecule has 2 amide bonds. The lowest BCUT2D eigenvalue weighted by Gasteiger charge is -2.33. The molecule has 0 aliphatic carbocycles. The zero-order valence-electron chi connectivity index (χ0n) is 14.3.